The number of hydrogen-bond acceptors (Lipinski definition) is 2. The van der Waals surface area contributed by atoms with Gasteiger partial charge in [-0.15, -0.1) is 0 Å². The van der Waals surface area contributed by atoms with E-state index in [4.69, 9.17) is 0 Å². The van der Waals surface area contributed by atoms with Crippen LogP contribution < -0.4 is 5.32 Å². The monoisotopic (exact) mass is 217 g/mol. The van der Waals surface area contributed by atoms with E-state index in [1.54, 1.807) is 0 Å². The molecule has 1 aliphatic carbocycles. The van der Waals surface area contributed by atoms with Crippen LogP contribution in [0.3, 0.4) is 0 Å². The van der Waals surface area contributed by atoms with Crippen molar-refractivity contribution in [2.24, 2.45) is 5.92 Å². The zero-order chi connectivity index (χ0) is 11.1. The first kappa shape index (κ1) is 9.70. The highest BCUT2D eigenvalue weighted by atomic mass is 16.4. The molecule has 0 saturated heterocycles. The standard InChI is InChI=1S/C13H15NO2/c15-13(16)12-9-5-3-7-11(12)14-10-6-2-1-4-8(9)10/h1-2,4,6,9,11-12,14H,3,5,7H2,(H,15,16)/t9-,11?,12?/m0/s1. The average Bonchev–Trinajstić information content (AvgIpc) is 2.28. The molecule has 3 atom stereocenters. The quantitative estimate of drug-likeness (QED) is 0.759. The third-order valence-corrected chi connectivity index (χ3v) is 3.88. The van der Waals surface area contributed by atoms with Crippen LogP contribution in [-0.4, -0.2) is 17.1 Å². The first-order chi connectivity index (χ1) is 7.77. The van der Waals surface area contributed by atoms with Crippen LogP contribution in [-0.2, 0) is 4.79 Å². The van der Waals surface area contributed by atoms with Crippen LogP contribution in [0, 0.1) is 5.92 Å². The first-order valence-electron chi connectivity index (χ1n) is 5.85. The highest BCUT2D eigenvalue weighted by molar-refractivity contribution is 5.76. The molecule has 16 heavy (non-hydrogen) atoms. The molecule has 0 radical (unpaired) electrons. The molecule has 2 unspecified atom stereocenters. The first-order valence-corrected chi connectivity index (χ1v) is 5.85. The van der Waals surface area contributed by atoms with E-state index in [-0.39, 0.29) is 17.9 Å². The summed E-state index contributed by atoms with van der Waals surface area (Å²) >= 11 is 0. The average molecular weight is 217 g/mol. The van der Waals surface area contributed by atoms with Gasteiger partial charge in [-0.1, -0.05) is 24.6 Å². The molecule has 3 rings (SSSR count). The minimum Gasteiger partial charge on any atom is -0.481 e. The number of rotatable bonds is 1. The Morgan fingerprint density at radius 2 is 2.12 bits per heavy atom. The van der Waals surface area contributed by atoms with Gasteiger partial charge in [0.25, 0.3) is 0 Å². The lowest BCUT2D eigenvalue weighted by atomic mass is 9.69. The van der Waals surface area contributed by atoms with E-state index >= 15 is 0 Å². The molecule has 2 aliphatic rings. The van der Waals surface area contributed by atoms with E-state index < -0.39 is 5.97 Å². The number of aliphatic carboxylic acids is 1. The Hall–Kier alpha value is -1.51. The zero-order valence-corrected chi connectivity index (χ0v) is 9.02. The summed E-state index contributed by atoms with van der Waals surface area (Å²) in [7, 11) is 0. The van der Waals surface area contributed by atoms with Gasteiger partial charge in [0.05, 0.1) is 5.92 Å². The van der Waals surface area contributed by atoms with E-state index in [1.807, 2.05) is 12.1 Å². The molecule has 3 nitrogen and oxygen atoms in total. The summed E-state index contributed by atoms with van der Waals surface area (Å²) in [4.78, 5) is 11.3. The molecular formula is C13H15NO2. The smallest absolute Gasteiger partial charge is 0.309 e. The summed E-state index contributed by atoms with van der Waals surface area (Å²) in [6.07, 6.45) is 3.11. The van der Waals surface area contributed by atoms with E-state index in [9.17, 15) is 9.90 Å². The van der Waals surface area contributed by atoms with Gasteiger partial charge in [-0.2, -0.15) is 0 Å². The topological polar surface area (TPSA) is 49.3 Å². The van der Waals surface area contributed by atoms with Gasteiger partial charge in [0.1, 0.15) is 0 Å². The second kappa shape index (κ2) is 3.51. The predicted molar refractivity (Wildman–Crippen MR) is 61.6 cm³/mol. The van der Waals surface area contributed by atoms with Crippen LogP contribution in [0.1, 0.15) is 30.7 Å². The lowest BCUT2D eigenvalue weighted by Gasteiger charge is -2.42. The Kier molecular flexibility index (Phi) is 2.13. The van der Waals surface area contributed by atoms with Crippen LogP contribution in [0.5, 0.6) is 0 Å². The highest BCUT2D eigenvalue weighted by Crippen LogP contribution is 2.45. The van der Waals surface area contributed by atoms with Gasteiger partial charge in [-0.25, -0.2) is 0 Å². The van der Waals surface area contributed by atoms with Gasteiger partial charge in [0, 0.05) is 17.6 Å². The van der Waals surface area contributed by atoms with Crippen LogP contribution in [0.15, 0.2) is 24.3 Å². The Balaban J connectivity index is 2.07. The third-order valence-electron chi connectivity index (χ3n) is 3.88. The number of nitrogens with one attached hydrogen (secondary N) is 1. The van der Waals surface area contributed by atoms with Gasteiger partial charge in [-0.3, -0.25) is 4.79 Å². The molecule has 1 aliphatic heterocycles. The van der Waals surface area contributed by atoms with Gasteiger partial charge in [0.15, 0.2) is 0 Å². The maximum atomic E-state index is 11.3. The van der Waals surface area contributed by atoms with E-state index in [0.29, 0.717) is 0 Å². The molecular weight excluding hydrogens is 202 g/mol. The van der Waals surface area contributed by atoms with Crippen molar-refractivity contribution in [2.75, 3.05) is 5.32 Å². The fourth-order valence-corrected chi connectivity index (χ4v) is 3.20. The Labute approximate surface area is 94.5 Å². The molecule has 2 N–H and O–H groups in total. The van der Waals surface area contributed by atoms with E-state index in [2.05, 4.69) is 17.4 Å². The van der Waals surface area contributed by atoms with Crippen molar-refractivity contribution in [1.29, 1.82) is 0 Å². The van der Waals surface area contributed by atoms with Crippen LogP contribution in [0.25, 0.3) is 0 Å². The number of carboxylic acids is 1. The summed E-state index contributed by atoms with van der Waals surface area (Å²) in [6.45, 7) is 0. The van der Waals surface area contributed by atoms with Crippen molar-refractivity contribution in [1.82, 2.24) is 0 Å². The van der Waals surface area contributed by atoms with Crippen LogP contribution in [0.2, 0.25) is 0 Å². The third kappa shape index (κ3) is 1.31. The number of hydrogen-bond donors (Lipinski definition) is 2. The number of carboxylic acid groups (broad SMARTS) is 1. The fourth-order valence-electron chi connectivity index (χ4n) is 3.20. The van der Waals surface area contributed by atoms with Crippen molar-refractivity contribution in [3.05, 3.63) is 29.8 Å². The number of carbonyl (C=O) groups is 1. The molecule has 0 aromatic heterocycles. The minimum atomic E-state index is -0.656. The number of para-hydroxylation sites is 1. The van der Waals surface area contributed by atoms with Crippen molar-refractivity contribution < 1.29 is 9.90 Å². The molecule has 0 amide bonds. The fraction of sp³-hybridized carbons (Fsp3) is 0.462. The summed E-state index contributed by atoms with van der Waals surface area (Å²) in [5.74, 6) is -0.700. The van der Waals surface area contributed by atoms with E-state index in [1.165, 1.54) is 5.56 Å². The molecule has 84 valence electrons. The highest BCUT2D eigenvalue weighted by Gasteiger charge is 2.43. The van der Waals surface area contributed by atoms with Gasteiger partial charge >= 0.3 is 5.97 Å². The van der Waals surface area contributed by atoms with Crippen molar-refractivity contribution in [3.63, 3.8) is 0 Å². The number of benzene rings is 1. The number of fused-ring (bicyclic) bond motifs is 4. The lowest BCUT2D eigenvalue weighted by Crippen LogP contribution is -2.45. The van der Waals surface area contributed by atoms with Crippen molar-refractivity contribution >= 4 is 11.7 Å². The van der Waals surface area contributed by atoms with E-state index in [0.717, 1.165) is 24.9 Å². The number of anilines is 1. The van der Waals surface area contributed by atoms with Crippen molar-refractivity contribution in [3.8, 4) is 0 Å². The summed E-state index contributed by atoms with van der Waals surface area (Å²) in [6, 6.07) is 8.23. The second-order valence-corrected chi connectivity index (χ2v) is 4.74. The zero-order valence-electron chi connectivity index (χ0n) is 9.02. The van der Waals surface area contributed by atoms with Gasteiger partial charge in [0.2, 0.25) is 0 Å². The van der Waals surface area contributed by atoms with Crippen LogP contribution in [0.4, 0.5) is 5.69 Å². The summed E-state index contributed by atoms with van der Waals surface area (Å²) in [5.41, 5.74) is 2.32. The Bertz CT molecular complexity index is 430. The van der Waals surface area contributed by atoms with Gasteiger partial charge < -0.3 is 10.4 Å². The summed E-state index contributed by atoms with van der Waals surface area (Å²) < 4.78 is 0. The van der Waals surface area contributed by atoms with Gasteiger partial charge in [-0.05, 0) is 24.5 Å². The molecule has 2 bridgehead atoms. The normalized spacial score (nSPS) is 31.4. The molecule has 0 spiro atoms. The minimum absolute atomic E-state index is 0.117. The summed E-state index contributed by atoms with van der Waals surface area (Å²) in [5, 5.41) is 12.7. The molecule has 1 fully saturated rings. The maximum Gasteiger partial charge on any atom is 0.309 e. The molecule has 3 heteroatoms. The van der Waals surface area contributed by atoms with Crippen LogP contribution >= 0.6 is 0 Å². The Morgan fingerprint density at radius 3 is 2.94 bits per heavy atom. The second-order valence-electron chi connectivity index (χ2n) is 4.74. The molecule has 1 heterocycles. The maximum absolute atomic E-state index is 11.3. The Morgan fingerprint density at radius 1 is 1.31 bits per heavy atom. The molecule has 1 aromatic rings. The van der Waals surface area contributed by atoms with Crippen molar-refractivity contribution in [2.45, 2.75) is 31.2 Å². The lowest BCUT2D eigenvalue weighted by molar-refractivity contribution is -0.144. The predicted octanol–water partition coefficient (Wildman–Crippen LogP) is 2.45. The molecule has 1 aromatic carbocycles. The molecule has 1 saturated carbocycles. The SMILES string of the molecule is O=C(O)C1C2CCC[C@H]1c1ccccc1N2. The largest absolute Gasteiger partial charge is 0.481 e.